The van der Waals surface area contributed by atoms with Gasteiger partial charge in [-0.05, 0) is 53.1 Å². The van der Waals surface area contributed by atoms with Crippen LogP contribution >= 0.6 is 0 Å². The van der Waals surface area contributed by atoms with E-state index in [0.717, 1.165) is 19.3 Å². The van der Waals surface area contributed by atoms with Gasteiger partial charge in [-0.3, -0.25) is 4.18 Å². The maximum Gasteiger partial charge on any atom is 0.217 e. The molecule has 0 aliphatic rings. The summed E-state index contributed by atoms with van der Waals surface area (Å²) in [6, 6.07) is 23.7. The average molecular weight is 440 g/mol. The van der Waals surface area contributed by atoms with E-state index in [1.165, 1.54) is 38.5 Å². The molecule has 0 aliphatic heterocycles. The second kappa shape index (κ2) is 9.43. The first-order valence-electron chi connectivity index (χ1n) is 9.78. The van der Waals surface area contributed by atoms with E-state index in [1.807, 2.05) is 12.1 Å². The smallest absolute Gasteiger partial charge is 0.217 e. The fraction of sp³-hybridized carbons (Fsp3) is 0.208. The lowest BCUT2D eigenvalue weighted by Crippen LogP contribution is -2.32. The van der Waals surface area contributed by atoms with Crippen molar-refractivity contribution in [3.8, 4) is 17.0 Å². The first-order valence-corrected chi connectivity index (χ1v) is 11.1. The van der Waals surface area contributed by atoms with Crippen LogP contribution in [0.4, 0.5) is 0 Å². The van der Waals surface area contributed by atoms with E-state index < -0.39 is 10.4 Å². The first kappa shape index (κ1) is 22.7. The van der Waals surface area contributed by atoms with Crippen LogP contribution in [0.3, 0.4) is 0 Å². The van der Waals surface area contributed by atoms with Crippen LogP contribution in [0.15, 0.2) is 66.7 Å². The molecule has 0 N–H and O–H groups in total. The summed E-state index contributed by atoms with van der Waals surface area (Å²) in [4.78, 5) is 0. The zero-order valence-electron chi connectivity index (χ0n) is 18.0. The largest absolute Gasteiger partial charge is 0.726 e. The Balaban J connectivity index is 0.000000401. The van der Waals surface area contributed by atoms with Crippen molar-refractivity contribution in [2.75, 3.05) is 14.2 Å². The van der Waals surface area contributed by atoms with E-state index >= 15 is 0 Å². The minimum atomic E-state index is -4.41. The molecular weight excluding hydrogens is 414 g/mol. The van der Waals surface area contributed by atoms with Crippen LogP contribution in [0.5, 0.6) is 5.75 Å². The maximum atomic E-state index is 9.22. The Hall–Kier alpha value is -3.00. The van der Waals surface area contributed by atoms with Gasteiger partial charge in [-0.25, -0.2) is 8.42 Å². The molecule has 3 aromatic carbocycles. The third kappa shape index (κ3) is 5.02. The Bertz CT molecular complexity index is 1320. The Morgan fingerprint density at radius 1 is 0.968 bits per heavy atom. The van der Waals surface area contributed by atoms with Gasteiger partial charge in [0.15, 0.2) is 0 Å². The maximum absolute atomic E-state index is 9.22. The summed E-state index contributed by atoms with van der Waals surface area (Å²) >= 11 is 0. The summed E-state index contributed by atoms with van der Waals surface area (Å²) in [5.41, 5.74) is 5.08. The van der Waals surface area contributed by atoms with Crippen molar-refractivity contribution in [1.82, 2.24) is 0 Å². The minimum absolute atomic E-state index is 0.808. The summed E-state index contributed by atoms with van der Waals surface area (Å²) in [5, 5.41) is 3.98. The van der Waals surface area contributed by atoms with Crippen molar-refractivity contribution in [2.45, 2.75) is 13.3 Å². The molecule has 4 rings (SSSR count). The SMILES string of the molecule is CCc1cc(-c2ccc(OC)cc2)[n+](C)c2ccc3ccccc3c12.COS(=O)(=O)[O-]. The van der Waals surface area contributed by atoms with Gasteiger partial charge in [0.1, 0.15) is 12.8 Å². The van der Waals surface area contributed by atoms with Gasteiger partial charge in [-0.15, -0.1) is 0 Å². The van der Waals surface area contributed by atoms with E-state index in [4.69, 9.17) is 4.74 Å². The van der Waals surface area contributed by atoms with E-state index in [9.17, 15) is 13.0 Å². The quantitative estimate of drug-likeness (QED) is 0.207. The van der Waals surface area contributed by atoms with Crippen LogP contribution in [0, 0.1) is 0 Å². The standard InChI is InChI=1S/C23H22NO.CH4O4S/c1-4-16-15-22(18-9-12-19(25-3)13-10-18)24(2)21-14-11-17-7-5-6-8-20(17)23(16)21;1-5-6(2,3)4/h5-15H,4H2,1-3H3;1H3,(H,2,3,4)/q+1;/p-1. The van der Waals surface area contributed by atoms with E-state index in [2.05, 4.69) is 77.3 Å². The van der Waals surface area contributed by atoms with Crippen molar-refractivity contribution < 1.29 is 26.5 Å². The number of pyridine rings is 1. The molecule has 0 atom stereocenters. The predicted octanol–water partition coefficient (Wildman–Crippen LogP) is 4.15. The number of fused-ring (bicyclic) bond motifs is 3. The van der Waals surface area contributed by atoms with Crippen molar-refractivity contribution in [3.05, 3.63) is 72.3 Å². The Kier molecular flexibility index (Phi) is 6.90. The monoisotopic (exact) mass is 439 g/mol. The molecule has 0 unspecified atom stereocenters. The molecule has 7 heteroatoms. The number of nitrogens with zero attached hydrogens (tertiary/aromatic N) is 1. The minimum Gasteiger partial charge on any atom is -0.726 e. The summed E-state index contributed by atoms with van der Waals surface area (Å²) < 4.78 is 38.6. The number of hydrogen-bond acceptors (Lipinski definition) is 5. The van der Waals surface area contributed by atoms with Crippen LogP contribution in [-0.2, 0) is 28.1 Å². The molecule has 31 heavy (non-hydrogen) atoms. The number of hydrogen-bond donors (Lipinski definition) is 0. The molecular formula is C24H25NO5S. The van der Waals surface area contributed by atoms with Crippen LogP contribution < -0.4 is 9.30 Å². The molecule has 0 radical (unpaired) electrons. The topological polar surface area (TPSA) is 79.5 Å². The molecule has 0 saturated carbocycles. The molecule has 1 heterocycles. The Morgan fingerprint density at radius 2 is 1.61 bits per heavy atom. The molecule has 0 amide bonds. The Morgan fingerprint density at radius 3 is 2.19 bits per heavy atom. The molecule has 0 spiro atoms. The van der Waals surface area contributed by atoms with Gasteiger partial charge < -0.3 is 9.29 Å². The van der Waals surface area contributed by atoms with Crippen LogP contribution in [-0.4, -0.2) is 27.2 Å². The molecule has 4 aromatic rings. The van der Waals surface area contributed by atoms with Crippen molar-refractivity contribution >= 4 is 32.1 Å². The van der Waals surface area contributed by atoms with Crippen LogP contribution in [0.1, 0.15) is 12.5 Å². The number of benzene rings is 3. The lowest BCUT2D eigenvalue weighted by atomic mass is 9.97. The average Bonchev–Trinajstić information content (AvgIpc) is 2.79. The van der Waals surface area contributed by atoms with Gasteiger partial charge in [-0.1, -0.05) is 31.2 Å². The van der Waals surface area contributed by atoms with Gasteiger partial charge in [0.05, 0.1) is 19.6 Å². The zero-order valence-corrected chi connectivity index (χ0v) is 18.8. The van der Waals surface area contributed by atoms with Gasteiger partial charge in [-0.2, -0.15) is 4.57 Å². The van der Waals surface area contributed by atoms with Crippen molar-refractivity contribution in [1.29, 1.82) is 0 Å². The highest BCUT2D eigenvalue weighted by Gasteiger charge is 2.19. The highest BCUT2D eigenvalue weighted by molar-refractivity contribution is 7.80. The van der Waals surface area contributed by atoms with Gasteiger partial charge in [0, 0.05) is 17.7 Å². The third-order valence-electron chi connectivity index (χ3n) is 5.23. The lowest BCUT2D eigenvalue weighted by Gasteiger charge is -2.11. The number of aromatic nitrogens is 1. The van der Waals surface area contributed by atoms with E-state index in [1.54, 1.807) is 7.11 Å². The fourth-order valence-electron chi connectivity index (χ4n) is 3.66. The molecule has 1 aromatic heterocycles. The van der Waals surface area contributed by atoms with E-state index in [-0.39, 0.29) is 0 Å². The number of aryl methyl sites for hydroxylation is 2. The lowest BCUT2D eigenvalue weighted by molar-refractivity contribution is -0.633. The molecule has 0 saturated heterocycles. The fourth-order valence-corrected chi connectivity index (χ4v) is 3.66. The molecule has 162 valence electrons. The summed E-state index contributed by atoms with van der Waals surface area (Å²) in [6.45, 7) is 2.23. The summed E-state index contributed by atoms with van der Waals surface area (Å²) in [7, 11) is 0.244. The van der Waals surface area contributed by atoms with Crippen molar-refractivity contribution in [3.63, 3.8) is 0 Å². The highest BCUT2D eigenvalue weighted by Crippen LogP contribution is 2.30. The molecule has 0 aliphatic carbocycles. The van der Waals surface area contributed by atoms with Gasteiger partial charge in [0.2, 0.25) is 21.6 Å². The molecule has 0 bridgehead atoms. The number of methoxy groups -OCH3 is 1. The van der Waals surface area contributed by atoms with Crippen LogP contribution in [0.2, 0.25) is 0 Å². The third-order valence-corrected chi connectivity index (χ3v) is 5.64. The molecule has 6 nitrogen and oxygen atoms in total. The second-order valence-corrected chi connectivity index (χ2v) is 8.10. The van der Waals surface area contributed by atoms with E-state index in [0.29, 0.717) is 0 Å². The summed E-state index contributed by atoms with van der Waals surface area (Å²) in [6.07, 6.45) is 1.01. The zero-order chi connectivity index (χ0) is 22.6. The van der Waals surface area contributed by atoms with Crippen molar-refractivity contribution in [2.24, 2.45) is 7.05 Å². The number of ether oxygens (including phenoxy) is 1. The Labute approximate surface area is 182 Å². The predicted molar refractivity (Wildman–Crippen MR) is 121 cm³/mol. The first-order chi connectivity index (χ1) is 14.8. The van der Waals surface area contributed by atoms with Crippen LogP contribution in [0.25, 0.3) is 32.9 Å². The number of rotatable bonds is 4. The summed E-state index contributed by atoms with van der Waals surface area (Å²) in [5.74, 6) is 0.883. The van der Waals surface area contributed by atoms with Gasteiger partial charge >= 0.3 is 0 Å². The highest BCUT2D eigenvalue weighted by atomic mass is 32.3. The molecule has 0 fully saturated rings. The second-order valence-electron chi connectivity index (χ2n) is 6.95. The van der Waals surface area contributed by atoms with Gasteiger partial charge in [0.25, 0.3) is 0 Å². The normalized spacial score (nSPS) is 11.3.